The Morgan fingerprint density at radius 1 is 1.61 bits per heavy atom. The zero-order chi connectivity index (χ0) is 13.0. The van der Waals surface area contributed by atoms with E-state index in [1.165, 1.54) is 4.88 Å². The highest BCUT2D eigenvalue weighted by molar-refractivity contribution is 7.11. The van der Waals surface area contributed by atoms with Crippen LogP contribution in [0.1, 0.15) is 22.7 Å². The van der Waals surface area contributed by atoms with Gasteiger partial charge >= 0.3 is 0 Å². The van der Waals surface area contributed by atoms with E-state index in [1.54, 1.807) is 11.3 Å². The number of piperidine rings is 1. The molecule has 1 aliphatic heterocycles. The smallest absolute Gasteiger partial charge is 0.234 e. The summed E-state index contributed by atoms with van der Waals surface area (Å²) < 4.78 is 0. The number of nitrogens with two attached hydrogens (primary N) is 1. The summed E-state index contributed by atoms with van der Waals surface area (Å²) in [5.41, 5.74) is 5.83. The molecule has 0 aliphatic carbocycles. The summed E-state index contributed by atoms with van der Waals surface area (Å²) in [6.07, 6.45) is 3.80. The Bertz CT molecular complexity index is 399. The number of aryl methyl sites for hydroxylation is 1. The number of nitrogens with zero attached hydrogens (tertiary/aromatic N) is 2. The van der Waals surface area contributed by atoms with Crippen LogP contribution in [0.2, 0.25) is 0 Å². The van der Waals surface area contributed by atoms with Gasteiger partial charge in [0.15, 0.2) is 0 Å². The molecule has 0 atom stereocenters. The Hall–Kier alpha value is -0.980. The first kappa shape index (κ1) is 13.5. The van der Waals surface area contributed by atoms with Crippen molar-refractivity contribution in [1.29, 1.82) is 0 Å². The molecule has 2 heterocycles. The number of nitrogens with one attached hydrogen (secondary N) is 1. The van der Waals surface area contributed by atoms with Crippen LogP contribution in [-0.4, -0.2) is 41.5 Å². The van der Waals surface area contributed by atoms with Gasteiger partial charge < -0.3 is 11.1 Å². The molecule has 2 rings (SSSR count). The lowest BCUT2D eigenvalue weighted by atomic mass is 10.1. The van der Waals surface area contributed by atoms with E-state index in [2.05, 4.69) is 15.2 Å². The Kier molecular flexibility index (Phi) is 4.68. The highest BCUT2D eigenvalue weighted by atomic mass is 32.1. The fraction of sp³-hybridized carbons (Fsp3) is 0.667. The minimum atomic E-state index is 0.0679. The van der Waals surface area contributed by atoms with Gasteiger partial charge in [0.1, 0.15) is 5.01 Å². The second kappa shape index (κ2) is 6.26. The van der Waals surface area contributed by atoms with Crippen molar-refractivity contribution < 1.29 is 4.79 Å². The van der Waals surface area contributed by atoms with Crippen LogP contribution in [0, 0.1) is 6.92 Å². The van der Waals surface area contributed by atoms with E-state index in [0.29, 0.717) is 19.1 Å². The lowest BCUT2D eigenvalue weighted by molar-refractivity contribution is -0.122. The highest BCUT2D eigenvalue weighted by Gasteiger charge is 2.18. The quantitative estimate of drug-likeness (QED) is 0.834. The molecule has 1 aliphatic rings. The fourth-order valence-corrected chi connectivity index (χ4v) is 2.75. The third-order valence-corrected chi connectivity index (χ3v) is 4.02. The van der Waals surface area contributed by atoms with Crippen LogP contribution in [0.4, 0.5) is 0 Å². The number of likely N-dealkylation sites (tertiary alicyclic amines) is 1. The molecule has 1 fully saturated rings. The predicted octanol–water partition coefficient (Wildman–Crippen LogP) is 0.491. The fourth-order valence-electron chi connectivity index (χ4n) is 2.03. The van der Waals surface area contributed by atoms with Crippen molar-refractivity contribution in [2.45, 2.75) is 32.4 Å². The van der Waals surface area contributed by atoms with Crippen molar-refractivity contribution in [3.63, 3.8) is 0 Å². The highest BCUT2D eigenvalue weighted by Crippen LogP contribution is 2.10. The number of amides is 1. The Morgan fingerprint density at radius 2 is 2.33 bits per heavy atom. The summed E-state index contributed by atoms with van der Waals surface area (Å²) >= 11 is 1.62. The number of rotatable bonds is 4. The van der Waals surface area contributed by atoms with Crippen LogP contribution in [-0.2, 0) is 11.3 Å². The Morgan fingerprint density at radius 3 is 2.94 bits per heavy atom. The van der Waals surface area contributed by atoms with Gasteiger partial charge in [0.2, 0.25) is 5.91 Å². The molecule has 1 amide bonds. The topological polar surface area (TPSA) is 71.2 Å². The van der Waals surface area contributed by atoms with E-state index < -0.39 is 0 Å². The lowest BCUT2D eigenvalue weighted by Crippen LogP contribution is -2.44. The van der Waals surface area contributed by atoms with Crippen LogP contribution in [0.3, 0.4) is 0 Å². The predicted molar refractivity (Wildman–Crippen MR) is 72.3 cm³/mol. The molecule has 5 nitrogen and oxygen atoms in total. The number of aromatic nitrogens is 1. The van der Waals surface area contributed by atoms with E-state index in [-0.39, 0.29) is 5.91 Å². The normalized spacial score (nSPS) is 17.9. The molecule has 1 aromatic heterocycles. The maximum Gasteiger partial charge on any atom is 0.234 e. The van der Waals surface area contributed by atoms with E-state index in [0.717, 1.165) is 30.9 Å². The number of hydrogen-bond donors (Lipinski definition) is 2. The number of thiazole rings is 1. The number of carbonyl (C=O) groups excluding carboxylic acids is 1. The molecule has 1 aromatic rings. The number of carbonyl (C=O) groups is 1. The van der Waals surface area contributed by atoms with Gasteiger partial charge in [-0.25, -0.2) is 4.98 Å². The van der Waals surface area contributed by atoms with Gasteiger partial charge in [-0.05, 0) is 19.8 Å². The van der Waals surface area contributed by atoms with Crippen LogP contribution in [0.15, 0.2) is 6.20 Å². The second-order valence-electron chi connectivity index (χ2n) is 4.75. The largest absolute Gasteiger partial charge is 0.348 e. The second-order valence-corrected chi connectivity index (χ2v) is 6.07. The first-order chi connectivity index (χ1) is 8.63. The molecule has 0 radical (unpaired) electrons. The van der Waals surface area contributed by atoms with Crippen LogP contribution in [0.25, 0.3) is 0 Å². The third kappa shape index (κ3) is 4.04. The molecule has 18 heavy (non-hydrogen) atoms. The molecule has 0 bridgehead atoms. The van der Waals surface area contributed by atoms with Gasteiger partial charge in [-0.15, -0.1) is 11.3 Å². The summed E-state index contributed by atoms with van der Waals surface area (Å²) in [5.74, 6) is 0.0679. The van der Waals surface area contributed by atoms with Crippen molar-refractivity contribution in [2.24, 2.45) is 5.73 Å². The minimum Gasteiger partial charge on any atom is -0.348 e. The Balaban J connectivity index is 1.69. The van der Waals surface area contributed by atoms with Crippen molar-refractivity contribution >= 4 is 17.2 Å². The summed E-state index contributed by atoms with van der Waals surface area (Å²) in [7, 11) is 0. The van der Waals surface area contributed by atoms with Crippen molar-refractivity contribution in [3.8, 4) is 0 Å². The van der Waals surface area contributed by atoms with E-state index >= 15 is 0 Å². The molecule has 1 saturated heterocycles. The van der Waals surface area contributed by atoms with Crippen LogP contribution < -0.4 is 11.1 Å². The van der Waals surface area contributed by atoms with Crippen molar-refractivity contribution in [3.05, 3.63) is 16.1 Å². The maximum atomic E-state index is 11.8. The van der Waals surface area contributed by atoms with Gasteiger partial charge in [-0.1, -0.05) is 0 Å². The molecule has 6 heteroatoms. The molecular formula is C12H20N4OS. The van der Waals surface area contributed by atoms with Gasteiger partial charge in [0.05, 0.1) is 13.1 Å². The zero-order valence-electron chi connectivity index (χ0n) is 10.7. The maximum absolute atomic E-state index is 11.8. The SMILES string of the molecule is Cc1cnc(CNC(=O)CN2CCC(N)CC2)s1. The monoisotopic (exact) mass is 268 g/mol. The summed E-state index contributed by atoms with van der Waals surface area (Å²) in [6, 6.07) is 0.308. The molecular weight excluding hydrogens is 248 g/mol. The Labute approximate surface area is 111 Å². The molecule has 0 spiro atoms. The van der Waals surface area contributed by atoms with Gasteiger partial charge in [0, 0.05) is 30.2 Å². The van der Waals surface area contributed by atoms with Gasteiger partial charge in [0.25, 0.3) is 0 Å². The van der Waals surface area contributed by atoms with Crippen molar-refractivity contribution in [2.75, 3.05) is 19.6 Å². The summed E-state index contributed by atoms with van der Waals surface area (Å²) in [5, 5.41) is 3.87. The van der Waals surface area contributed by atoms with E-state index in [4.69, 9.17) is 5.73 Å². The van der Waals surface area contributed by atoms with Gasteiger partial charge in [-0.2, -0.15) is 0 Å². The minimum absolute atomic E-state index is 0.0679. The van der Waals surface area contributed by atoms with Gasteiger partial charge in [-0.3, -0.25) is 9.69 Å². The van der Waals surface area contributed by atoms with Crippen molar-refractivity contribution in [1.82, 2.24) is 15.2 Å². The third-order valence-electron chi connectivity index (χ3n) is 3.11. The number of hydrogen-bond acceptors (Lipinski definition) is 5. The molecule has 3 N–H and O–H groups in total. The molecule has 0 unspecified atom stereocenters. The first-order valence-corrected chi connectivity index (χ1v) is 7.11. The molecule has 0 saturated carbocycles. The van der Waals surface area contributed by atoms with E-state index in [9.17, 15) is 4.79 Å². The van der Waals surface area contributed by atoms with Crippen LogP contribution in [0.5, 0.6) is 0 Å². The summed E-state index contributed by atoms with van der Waals surface area (Å²) in [4.78, 5) is 19.3. The zero-order valence-corrected chi connectivity index (χ0v) is 11.5. The average Bonchev–Trinajstić information content (AvgIpc) is 2.76. The molecule has 100 valence electrons. The standard InChI is InChI=1S/C12H20N4OS/c1-9-6-15-12(18-9)7-14-11(17)8-16-4-2-10(13)3-5-16/h6,10H,2-5,7-8,13H2,1H3,(H,14,17). The molecule has 0 aromatic carbocycles. The summed E-state index contributed by atoms with van der Waals surface area (Å²) in [6.45, 7) is 4.86. The lowest BCUT2D eigenvalue weighted by Gasteiger charge is -2.29. The average molecular weight is 268 g/mol. The van der Waals surface area contributed by atoms with E-state index in [1.807, 2.05) is 13.1 Å². The van der Waals surface area contributed by atoms with Crippen LogP contribution >= 0.6 is 11.3 Å². The first-order valence-electron chi connectivity index (χ1n) is 6.29.